The molecule has 1 saturated carbocycles. The molecule has 3 heteroatoms. The van der Waals surface area contributed by atoms with Gasteiger partial charge >= 0.3 is 0 Å². The van der Waals surface area contributed by atoms with Crippen LogP contribution in [0.3, 0.4) is 0 Å². The Bertz CT molecular complexity index is 326. The predicted octanol–water partition coefficient (Wildman–Crippen LogP) is 3.67. The number of aromatic nitrogens is 2. The lowest BCUT2D eigenvalue weighted by atomic mass is 9.85. The summed E-state index contributed by atoms with van der Waals surface area (Å²) in [5, 5.41) is 3.60. The first-order valence-electron chi connectivity index (χ1n) is 7.09. The lowest BCUT2D eigenvalue weighted by Gasteiger charge is -2.28. The molecule has 1 heterocycles. The van der Waals surface area contributed by atoms with Gasteiger partial charge in [-0.25, -0.2) is 4.98 Å². The fourth-order valence-corrected chi connectivity index (χ4v) is 2.83. The number of hydrogen-bond acceptors (Lipinski definition) is 2. The maximum Gasteiger partial charge on any atom is 0.202 e. The fraction of sp³-hybridized carbons (Fsp3) is 0.786. The highest BCUT2D eigenvalue weighted by molar-refractivity contribution is 5.27. The Morgan fingerprint density at radius 2 is 2.18 bits per heavy atom. The zero-order valence-corrected chi connectivity index (χ0v) is 11.2. The second-order valence-electron chi connectivity index (χ2n) is 5.28. The van der Waals surface area contributed by atoms with Crippen molar-refractivity contribution in [2.24, 2.45) is 5.92 Å². The largest absolute Gasteiger partial charge is 0.353 e. The van der Waals surface area contributed by atoms with Gasteiger partial charge in [-0.1, -0.05) is 26.2 Å². The minimum Gasteiger partial charge on any atom is -0.353 e. The van der Waals surface area contributed by atoms with Crippen LogP contribution < -0.4 is 5.32 Å². The van der Waals surface area contributed by atoms with Gasteiger partial charge in [0.1, 0.15) is 0 Å². The smallest absolute Gasteiger partial charge is 0.202 e. The lowest BCUT2D eigenvalue weighted by Crippen LogP contribution is -2.29. The van der Waals surface area contributed by atoms with Crippen molar-refractivity contribution < 1.29 is 0 Å². The summed E-state index contributed by atoms with van der Waals surface area (Å²) in [6.45, 7) is 5.56. The van der Waals surface area contributed by atoms with Crippen LogP contribution in [0.1, 0.15) is 52.4 Å². The van der Waals surface area contributed by atoms with E-state index in [1.165, 1.54) is 32.1 Å². The maximum atomic E-state index is 4.42. The average molecular weight is 235 g/mol. The lowest BCUT2D eigenvalue weighted by molar-refractivity contribution is 0.327. The zero-order valence-electron chi connectivity index (χ0n) is 11.2. The number of hydrogen-bond donors (Lipinski definition) is 1. The van der Waals surface area contributed by atoms with Gasteiger partial charge in [-0.05, 0) is 32.1 Å². The van der Waals surface area contributed by atoms with Crippen molar-refractivity contribution in [1.82, 2.24) is 9.55 Å². The number of nitrogens with zero attached hydrogens (tertiary/aromatic N) is 2. The Labute approximate surface area is 105 Å². The summed E-state index contributed by atoms with van der Waals surface area (Å²) >= 11 is 0. The summed E-state index contributed by atoms with van der Waals surface area (Å²) < 4.78 is 2.22. The van der Waals surface area contributed by atoms with Crippen molar-refractivity contribution in [2.75, 3.05) is 5.32 Å². The van der Waals surface area contributed by atoms with E-state index in [2.05, 4.69) is 34.9 Å². The van der Waals surface area contributed by atoms with Gasteiger partial charge in [-0.2, -0.15) is 0 Å². The monoisotopic (exact) mass is 235 g/mol. The molecule has 0 radical (unpaired) electrons. The van der Waals surface area contributed by atoms with Crippen molar-refractivity contribution >= 4 is 5.95 Å². The van der Waals surface area contributed by atoms with Crippen molar-refractivity contribution in [3.05, 3.63) is 12.4 Å². The van der Waals surface area contributed by atoms with Crippen LogP contribution in [0.15, 0.2) is 12.4 Å². The van der Waals surface area contributed by atoms with Gasteiger partial charge in [0.15, 0.2) is 0 Å². The fourth-order valence-electron chi connectivity index (χ4n) is 2.83. The molecular formula is C14H25N3. The number of rotatable bonds is 5. The van der Waals surface area contributed by atoms with Gasteiger partial charge in [0.05, 0.1) is 0 Å². The van der Waals surface area contributed by atoms with Crippen LogP contribution in [-0.4, -0.2) is 15.6 Å². The molecule has 3 nitrogen and oxygen atoms in total. The molecule has 1 unspecified atom stereocenters. The highest BCUT2D eigenvalue weighted by Crippen LogP contribution is 2.27. The van der Waals surface area contributed by atoms with Gasteiger partial charge in [0.25, 0.3) is 0 Å². The van der Waals surface area contributed by atoms with E-state index in [9.17, 15) is 0 Å². The summed E-state index contributed by atoms with van der Waals surface area (Å²) in [4.78, 5) is 4.42. The van der Waals surface area contributed by atoms with Crippen LogP contribution in [-0.2, 0) is 6.54 Å². The molecule has 1 aromatic heterocycles. The predicted molar refractivity (Wildman–Crippen MR) is 72.2 cm³/mol. The van der Waals surface area contributed by atoms with E-state index in [1.54, 1.807) is 0 Å². The molecule has 96 valence electrons. The first kappa shape index (κ1) is 12.5. The molecule has 0 bridgehead atoms. The van der Waals surface area contributed by atoms with Crippen molar-refractivity contribution in [3.63, 3.8) is 0 Å². The second-order valence-corrected chi connectivity index (χ2v) is 5.28. The molecule has 0 aromatic carbocycles. The first-order chi connectivity index (χ1) is 8.31. The van der Waals surface area contributed by atoms with E-state index in [0.717, 1.165) is 24.8 Å². The van der Waals surface area contributed by atoms with Crippen molar-refractivity contribution in [2.45, 2.75) is 65.0 Å². The number of imidazole rings is 1. The topological polar surface area (TPSA) is 29.9 Å². The van der Waals surface area contributed by atoms with Gasteiger partial charge in [0.2, 0.25) is 5.95 Å². The van der Waals surface area contributed by atoms with Gasteiger partial charge in [-0.3, -0.25) is 0 Å². The highest BCUT2D eigenvalue weighted by Gasteiger charge is 2.20. The normalized spacial score (nSPS) is 19.2. The Kier molecular flexibility index (Phi) is 4.46. The minimum absolute atomic E-state index is 0.549. The van der Waals surface area contributed by atoms with E-state index in [1.807, 2.05) is 6.20 Å². The molecule has 1 atom stereocenters. The number of aryl methyl sites for hydroxylation is 1. The van der Waals surface area contributed by atoms with E-state index in [-0.39, 0.29) is 0 Å². The van der Waals surface area contributed by atoms with E-state index in [4.69, 9.17) is 0 Å². The number of anilines is 1. The standard InChI is InChI=1S/C14H25N3/c1-3-10-17-11-9-15-14(17)16-12(2)13-7-5-4-6-8-13/h9,11-13H,3-8,10H2,1-2H3,(H,15,16). The quantitative estimate of drug-likeness (QED) is 0.844. The Hall–Kier alpha value is -0.990. The van der Waals surface area contributed by atoms with Crippen LogP contribution >= 0.6 is 0 Å². The van der Waals surface area contributed by atoms with E-state index < -0.39 is 0 Å². The van der Waals surface area contributed by atoms with Gasteiger partial charge in [0, 0.05) is 25.0 Å². The minimum atomic E-state index is 0.549. The molecule has 0 aliphatic heterocycles. The molecule has 2 rings (SSSR count). The molecule has 1 N–H and O–H groups in total. The van der Waals surface area contributed by atoms with Gasteiger partial charge in [-0.15, -0.1) is 0 Å². The molecule has 1 aliphatic carbocycles. The van der Waals surface area contributed by atoms with Crippen LogP contribution in [0.2, 0.25) is 0 Å². The Morgan fingerprint density at radius 3 is 2.88 bits per heavy atom. The number of nitrogens with one attached hydrogen (secondary N) is 1. The van der Waals surface area contributed by atoms with Crippen LogP contribution in [0.25, 0.3) is 0 Å². The third-order valence-corrected chi connectivity index (χ3v) is 3.89. The van der Waals surface area contributed by atoms with Crippen molar-refractivity contribution in [1.29, 1.82) is 0 Å². The van der Waals surface area contributed by atoms with Crippen LogP contribution in [0.5, 0.6) is 0 Å². The molecule has 1 aromatic rings. The molecule has 0 amide bonds. The summed E-state index contributed by atoms with van der Waals surface area (Å²) in [7, 11) is 0. The maximum absolute atomic E-state index is 4.42. The molecular weight excluding hydrogens is 210 g/mol. The van der Waals surface area contributed by atoms with Crippen LogP contribution in [0.4, 0.5) is 5.95 Å². The second kappa shape index (κ2) is 6.08. The average Bonchev–Trinajstić information content (AvgIpc) is 2.78. The third kappa shape index (κ3) is 3.24. The zero-order chi connectivity index (χ0) is 12.1. The van der Waals surface area contributed by atoms with Crippen LogP contribution in [0, 0.1) is 5.92 Å². The molecule has 17 heavy (non-hydrogen) atoms. The van der Waals surface area contributed by atoms with E-state index in [0.29, 0.717) is 6.04 Å². The van der Waals surface area contributed by atoms with Gasteiger partial charge < -0.3 is 9.88 Å². The summed E-state index contributed by atoms with van der Waals surface area (Å²) in [5.41, 5.74) is 0. The highest BCUT2D eigenvalue weighted by atomic mass is 15.2. The molecule has 1 fully saturated rings. The van der Waals surface area contributed by atoms with E-state index >= 15 is 0 Å². The molecule has 1 aliphatic rings. The molecule has 0 saturated heterocycles. The summed E-state index contributed by atoms with van der Waals surface area (Å²) in [5.74, 6) is 1.88. The first-order valence-corrected chi connectivity index (χ1v) is 7.09. The van der Waals surface area contributed by atoms with Crippen molar-refractivity contribution in [3.8, 4) is 0 Å². The summed E-state index contributed by atoms with van der Waals surface area (Å²) in [6, 6.07) is 0.549. The Morgan fingerprint density at radius 1 is 1.41 bits per heavy atom. The summed E-state index contributed by atoms with van der Waals surface area (Å²) in [6.07, 6.45) is 12.1. The SMILES string of the molecule is CCCn1ccnc1NC(C)C1CCCCC1. The molecule has 0 spiro atoms. The third-order valence-electron chi connectivity index (χ3n) is 3.89. The Balaban J connectivity index is 1.92.